The Hall–Kier alpha value is -8.74. The second-order valence-electron chi connectivity index (χ2n) is 16.5. The SMILES string of the molecule is c1ccc(-c2nc(-c3cccc4c3-c3ccccc3C4(c3ccccc3)c3ccccc3)nc(-c3cccc4oc5c(-c6nc7ccccc7n6-c6ccccc6)cccc5c34)n2)cc1. The van der Waals surface area contributed by atoms with Gasteiger partial charge in [-0.15, -0.1) is 0 Å². The van der Waals surface area contributed by atoms with E-state index in [1.165, 1.54) is 22.3 Å². The predicted octanol–water partition coefficient (Wildman–Crippen LogP) is 14.1. The first-order valence-electron chi connectivity index (χ1n) is 21.9. The van der Waals surface area contributed by atoms with E-state index in [0.29, 0.717) is 17.5 Å². The summed E-state index contributed by atoms with van der Waals surface area (Å²) in [4.78, 5) is 21.3. The Bertz CT molecular complexity index is 3730. The molecular formula is C59H37N5O. The van der Waals surface area contributed by atoms with Crippen LogP contribution in [0.25, 0.3) is 95.3 Å². The highest BCUT2D eigenvalue weighted by molar-refractivity contribution is 6.15. The monoisotopic (exact) mass is 831 g/mol. The average Bonchev–Trinajstić information content (AvgIpc) is 4.06. The highest BCUT2D eigenvalue weighted by atomic mass is 16.3. The van der Waals surface area contributed by atoms with Gasteiger partial charge in [0, 0.05) is 33.2 Å². The molecule has 3 heterocycles. The number of furan rings is 1. The van der Waals surface area contributed by atoms with E-state index in [1.54, 1.807) is 0 Å². The quantitative estimate of drug-likeness (QED) is 0.160. The summed E-state index contributed by atoms with van der Waals surface area (Å²) in [6, 6.07) is 78.4. The van der Waals surface area contributed by atoms with Crippen LogP contribution >= 0.6 is 0 Å². The molecule has 0 saturated carbocycles. The Morgan fingerprint density at radius 2 is 0.954 bits per heavy atom. The predicted molar refractivity (Wildman–Crippen MR) is 261 cm³/mol. The third kappa shape index (κ3) is 5.60. The molecule has 3 aromatic heterocycles. The number of rotatable bonds is 7. The Kier molecular flexibility index (Phi) is 8.33. The lowest BCUT2D eigenvalue weighted by atomic mass is 9.67. The zero-order chi connectivity index (χ0) is 42.9. The molecule has 13 rings (SSSR count). The number of aromatic nitrogens is 5. The largest absolute Gasteiger partial charge is 0.455 e. The van der Waals surface area contributed by atoms with Crippen LogP contribution in [0.3, 0.4) is 0 Å². The van der Waals surface area contributed by atoms with Crippen molar-refractivity contribution in [3.63, 3.8) is 0 Å². The van der Waals surface area contributed by atoms with Gasteiger partial charge in [0.25, 0.3) is 0 Å². The lowest BCUT2D eigenvalue weighted by Crippen LogP contribution is -2.28. The second kappa shape index (κ2) is 14.7. The average molecular weight is 832 g/mol. The van der Waals surface area contributed by atoms with Crippen molar-refractivity contribution >= 4 is 33.0 Å². The van der Waals surface area contributed by atoms with Gasteiger partial charge < -0.3 is 4.42 Å². The summed E-state index contributed by atoms with van der Waals surface area (Å²) in [7, 11) is 0. The lowest BCUT2D eigenvalue weighted by Gasteiger charge is -2.33. The molecule has 304 valence electrons. The number of imidazole rings is 1. The maximum absolute atomic E-state index is 6.90. The molecule has 0 N–H and O–H groups in total. The zero-order valence-corrected chi connectivity index (χ0v) is 35.0. The van der Waals surface area contributed by atoms with Crippen LogP contribution in [0, 0.1) is 0 Å². The van der Waals surface area contributed by atoms with Gasteiger partial charge in [-0.05, 0) is 69.8 Å². The molecule has 0 spiro atoms. The van der Waals surface area contributed by atoms with Gasteiger partial charge >= 0.3 is 0 Å². The normalized spacial score (nSPS) is 12.7. The Morgan fingerprint density at radius 1 is 0.400 bits per heavy atom. The van der Waals surface area contributed by atoms with Crippen molar-refractivity contribution in [1.82, 2.24) is 24.5 Å². The van der Waals surface area contributed by atoms with Crippen molar-refractivity contribution in [2.75, 3.05) is 0 Å². The number of para-hydroxylation sites is 4. The van der Waals surface area contributed by atoms with E-state index < -0.39 is 5.41 Å². The van der Waals surface area contributed by atoms with Gasteiger partial charge in [0.1, 0.15) is 17.0 Å². The second-order valence-corrected chi connectivity index (χ2v) is 16.5. The van der Waals surface area contributed by atoms with E-state index in [9.17, 15) is 0 Å². The Morgan fingerprint density at radius 3 is 1.72 bits per heavy atom. The van der Waals surface area contributed by atoms with Crippen molar-refractivity contribution < 1.29 is 4.42 Å². The maximum Gasteiger partial charge on any atom is 0.164 e. The van der Waals surface area contributed by atoms with Crippen LogP contribution in [-0.4, -0.2) is 24.5 Å². The van der Waals surface area contributed by atoms with Crippen LogP contribution in [0.5, 0.6) is 0 Å². The molecule has 65 heavy (non-hydrogen) atoms. The molecule has 0 fully saturated rings. The van der Waals surface area contributed by atoms with Crippen LogP contribution in [0.2, 0.25) is 0 Å². The highest BCUT2D eigenvalue weighted by Crippen LogP contribution is 2.58. The van der Waals surface area contributed by atoms with E-state index in [0.717, 1.165) is 77.9 Å². The van der Waals surface area contributed by atoms with Gasteiger partial charge in [0.15, 0.2) is 17.5 Å². The standard InChI is InChI=1S/C59H37N5O/c1-5-20-38(21-6-1)55-61-56(44-30-18-34-48-52(44)42-28-13-14-33-47(42)59(48,39-22-7-2-8-23-39)40-24-9-3-10-25-40)63-57(62-55)45-31-19-37-51-53(45)43-29-17-32-46(54(43)65-51)58-60-49-35-15-16-36-50(49)64(58)41-26-11-4-12-27-41/h1-37H. The molecule has 0 atom stereocenters. The van der Waals surface area contributed by atoms with E-state index in [-0.39, 0.29) is 0 Å². The molecule has 1 aliphatic carbocycles. The summed E-state index contributed by atoms with van der Waals surface area (Å²) in [6.07, 6.45) is 0. The first kappa shape index (κ1) is 36.9. The molecule has 6 heteroatoms. The van der Waals surface area contributed by atoms with E-state index in [2.05, 4.69) is 187 Å². The summed E-state index contributed by atoms with van der Waals surface area (Å²) in [5.41, 5.74) is 14.6. The fourth-order valence-electron chi connectivity index (χ4n) is 10.3. The third-order valence-corrected chi connectivity index (χ3v) is 13.0. The number of nitrogens with zero attached hydrogens (tertiary/aromatic N) is 5. The van der Waals surface area contributed by atoms with Crippen LogP contribution in [-0.2, 0) is 5.41 Å². The molecule has 0 bridgehead atoms. The molecule has 12 aromatic rings. The molecule has 0 radical (unpaired) electrons. The summed E-state index contributed by atoms with van der Waals surface area (Å²) in [5, 5.41) is 1.88. The molecule has 0 amide bonds. The topological polar surface area (TPSA) is 69.6 Å². The van der Waals surface area contributed by atoms with Crippen molar-refractivity contribution in [2.45, 2.75) is 5.41 Å². The Labute approximate surface area is 374 Å². The number of hydrogen-bond donors (Lipinski definition) is 0. The van der Waals surface area contributed by atoms with Gasteiger partial charge in [-0.1, -0.05) is 188 Å². The smallest absolute Gasteiger partial charge is 0.164 e. The minimum absolute atomic E-state index is 0.561. The van der Waals surface area contributed by atoms with E-state index in [4.69, 9.17) is 24.4 Å². The minimum atomic E-state index is -0.567. The van der Waals surface area contributed by atoms with Gasteiger partial charge in [0.2, 0.25) is 0 Å². The minimum Gasteiger partial charge on any atom is -0.455 e. The van der Waals surface area contributed by atoms with Crippen LogP contribution < -0.4 is 0 Å². The molecule has 9 aromatic carbocycles. The maximum atomic E-state index is 6.90. The summed E-state index contributed by atoms with van der Waals surface area (Å²) in [6.45, 7) is 0. The van der Waals surface area contributed by atoms with E-state index >= 15 is 0 Å². The van der Waals surface area contributed by atoms with Crippen LogP contribution in [0.1, 0.15) is 22.3 Å². The molecule has 0 unspecified atom stereocenters. The molecule has 1 aliphatic rings. The summed E-state index contributed by atoms with van der Waals surface area (Å²) < 4.78 is 9.11. The van der Waals surface area contributed by atoms with Gasteiger partial charge in [-0.2, -0.15) is 0 Å². The highest BCUT2D eigenvalue weighted by Gasteiger charge is 2.47. The van der Waals surface area contributed by atoms with Gasteiger partial charge in [-0.25, -0.2) is 19.9 Å². The lowest BCUT2D eigenvalue weighted by molar-refractivity contribution is 0.669. The molecular weight excluding hydrogens is 795 g/mol. The molecule has 0 aliphatic heterocycles. The van der Waals surface area contributed by atoms with Gasteiger partial charge in [-0.3, -0.25) is 4.57 Å². The number of hydrogen-bond acceptors (Lipinski definition) is 5. The first-order chi connectivity index (χ1) is 32.3. The number of fused-ring (bicyclic) bond motifs is 7. The summed E-state index contributed by atoms with van der Waals surface area (Å²) in [5.74, 6) is 2.55. The van der Waals surface area contributed by atoms with Crippen LogP contribution in [0.4, 0.5) is 0 Å². The zero-order valence-electron chi connectivity index (χ0n) is 35.0. The summed E-state index contributed by atoms with van der Waals surface area (Å²) >= 11 is 0. The molecule has 6 nitrogen and oxygen atoms in total. The Balaban J connectivity index is 1.06. The van der Waals surface area contributed by atoms with Crippen molar-refractivity contribution in [3.05, 3.63) is 247 Å². The fourth-order valence-corrected chi connectivity index (χ4v) is 10.3. The number of benzene rings is 9. The van der Waals surface area contributed by atoms with Crippen molar-refractivity contribution in [2.24, 2.45) is 0 Å². The molecule has 0 saturated heterocycles. The van der Waals surface area contributed by atoms with Crippen LogP contribution in [0.15, 0.2) is 229 Å². The van der Waals surface area contributed by atoms with Gasteiger partial charge in [0.05, 0.1) is 22.0 Å². The van der Waals surface area contributed by atoms with E-state index in [1.807, 2.05) is 42.5 Å². The van der Waals surface area contributed by atoms with Crippen molar-refractivity contribution in [3.8, 4) is 62.4 Å². The first-order valence-corrected chi connectivity index (χ1v) is 21.9. The third-order valence-electron chi connectivity index (χ3n) is 13.0. The fraction of sp³-hybridized carbons (Fsp3) is 0.0169. The van der Waals surface area contributed by atoms with Crippen molar-refractivity contribution in [1.29, 1.82) is 0 Å².